The second-order valence-corrected chi connectivity index (χ2v) is 11.5. The van der Waals surface area contributed by atoms with E-state index in [0.717, 1.165) is 30.6 Å². The minimum Gasteiger partial charge on any atom is -0.483 e. The molecule has 0 spiro atoms. The van der Waals surface area contributed by atoms with Crippen LogP contribution in [0.1, 0.15) is 52.9 Å². The van der Waals surface area contributed by atoms with Crippen LogP contribution in [0.25, 0.3) is 0 Å². The van der Waals surface area contributed by atoms with E-state index in [2.05, 4.69) is 69.3 Å². The molecule has 1 aliphatic carbocycles. The average Bonchev–Trinajstić information content (AvgIpc) is 2.78. The Balaban J connectivity index is 1.77. The van der Waals surface area contributed by atoms with Crippen LogP contribution in [-0.2, 0) is 10.9 Å². The molecule has 0 radical (unpaired) electrons. The third-order valence-corrected chi connectivity index (χ3v) is 8.64. The van der Waals surface area contributed by atoms with Crippen molar-refractivity contribution in [2.24, 2.45) is 5.41 Å². The fourth-order valence-electron chi connectivity index (χ4n) is 4.55. The van der Waals surface area contributed by atoms with Gasteiger partial charge in [-0.2, -0.15) is 0 Å². The number of rotatable bonds is 5. The van der Waals surface area contributed by atoms with Gasteiger partial charge in [0.15, 0.2) is 26.3 Å². The molecule has 4 rings (SSSR count). The molecule has 31 heavy (non-hydrogen) atoms. The molecular formula is C28H32FOS+. The second-order valence-electron chi connectivity index (χ2n) is 9.43. The fourth-order valence-corrected chi connectivity index (χ4v) is 6.65. The maximum Gasteiger partial charge on any atom is 0.170 e. The van der Waals surface area contributed by atoms with Crippen molar-refractivity contribution >= 4 is 10.9 Å². The largest absolute Gasteiger partial charge is 0.483 e. The van der Waals surface area contributed by atoms with E-state index >= 15 is 4.39 Å². The van der Waals surface area contributed by atoms with Crippen LogP contribution in [0.5, 0.6) is 5.75 Å². The highest BCUT2D eigenvalue weighted by atomic mass is 32.2. The summed E-state index contributed by atoms with van der Waals surface area (Å²) >= 11 is 0. The van der Waals surface area contributed by atoms with Gasteiger partial charge in [-0.25, -0.2) is 4.39 Å². The molecule has 1 aliphatic rings. The Labute approximate surface area is 189 Å². The van der Waals surface area contributed by atoms with Crippen molar-refractivity contribution in [2.75, 3.05) is 0 Å². The van der Waals surface area contributed by atoms with Crippen LogP contribution < -0.4 is 4.74 Å². The topological polar surface area (TPSA) is 9.23 Å². The van der Waals surface area contributed by atoms with Gasteiger partial charge in [0.05, 0.1) is 10.9 Å². The molecule has 0 atom stereocenters. The second kappa shape index (κ2) is 9.08. The van der Waals surface area contributed by atoms with Gasteiger partial charge in [0, 0.05) is 11.5 Å². The lowest BCUT2D eigenvalue weighted by Gasteiger charge is -2.47. The number of halogens is 1. The first-order valence-electron chi connectivity index (χ1n) is 11.2. The van der Waals surface area contributed by atoms with Gasteiger partial charge >= 0.3 is 0 Å². The van der Waals surface area contributed by atoms with Gasteiger partial charge in [0.2, 0.25) is 0 Å². The standard InChI is InChI=1S/C28H32FOS/c1-27(2,3)28(19-11-6-12-20-28)30-26-21-24(17-18-25(26)29)31(22-13-7-4-8-14-22)23-15-9-5-10-16-23/h4-5,7-10,13-18,21H,6,11-12,19-20H2,1-3H3/q+1. The van der Waals surface area contributed by atoms with Crippen LogP contribution in [0.15, 0.2) is 93.5 Å². The van der Waals surface area contributed by atoms with Crippen molar-refractivity contribution in [3.05, 3.63) is 84.7 Å². The van der Waals surface area contributed by atoms with Crippen molar-refractivity contribution in [1.29, 1.82) is 0 Å². The third-order valence-electron chi connectivity index (χ3n) is 6.43. The van der Waals surface area contributed by atoms with Gasteiger partial charge in [0.25, 0.3) is 0 Å². The van der Waals surface area contributed by atoms with Crippen LogP contribution in [0.3, 0.4) is 0 Å². The number of hydrogen-bond donors (Lipinski definition) is 0. The summed E-state index contributed by atoms with van der Waals surface area (Å²) in [5.74, 6) is 0.112. The molecule has 0 unspecified atom stereocenters. The Bertz CT molecular complexity index is 949. The van der Waals surface area contributed by atoms with E-state index < -0.39 is 0 Å². The first-order chi connectivity index (χ1) is 14.9. The Morgan fingerprint density at radius 3 is 1.81 bits per heavy atom. The van der Waals surface area contributed by atoms with E-state index in [1.807, 2.05) is 24.3 Å². The molecule has 1 nitrogen and oxygen atoms in total. The van der Waals surface area contributed by atoms with Gasteiger partial charge in [0.1, 0.15) is 5.60 Å². The summed E-state index contributed by atoms with van der Waals surface area (Å²) in [6.07, 6.45) is 5.45. The lowest BCUT2D eigenvalue weighted by atomic mass is 9.68. The molecule has 1 saturated carbocycles. The Morgan fingerprint density at radius 2 is 1.29 bits per heavy atom. The molecule has 0 aliphatic heterocycles. The van der Waals surface area contributed by atoms with E-state index in [9.17, 15) is 0 Å². The molecule has 3 aromatic rings. The van der Waals surface area contributed by atoms with Crippen LogP contribution in [0.2, 0.25) is 0 Å². The van der Waals surface area contributed by atoms with E-state index in [4.69, 9.17) is 4.74 Å². The van der Waals surface area contributed by atoms with Crippen molar-refractivity contribution in [3.63, 3.8) is 0 Å². The van der Waals surface area contributed by atoms with Crippen LogP contribution >= 0.6 is 0 Å². The summed E-state index contributed by atoms with van der Waals surface area (Å²) in [6, 6.07) is 26.4. The fraction of sp³-hybridized carbons (Fsp3) is 0.357. The maximum absolute atomic E-state index is 15.0. The molecule has 0 heterocycles. The Kier molecular flexibility index (Phi) is 6.43. The van der Waals surface area contributed by atoms with Crippen LogP contribution in [0.4, 0.5) is 4.39 Å². The lowest BCUT2D eigenvalue weighted by molar-refractivity contribution is -0.0638. The minimum absolute atomic E-state index is 0.0591. The Hall–Kier alpha value is -2.26. The van der Waals surface area contributed by atoms with Crippen LogP contribution in [0, 0.1) is 11.2 Å². The Morgan fingerprint density at radius 1 is 0.742 bits per heavy atom. The van der Waals surface area contributed by atoms with Crippen molar-refractivity contribution in [3.8, 4) is 5.75 Å². The van der Waals surface area contributed by atoms with Gasteiger partial charge < -0.3 is 4.74 Å². The van der Waals surface area contributed by atoms with Gasteiger partial charge in [-0.3, -0.25) is 0 Å². The van der Waals surface area contributed by atoms with Crippen LogP contribution in [-0.4, -0.2) is 5.60 Å². The number of benzene rings is 3. The summed E-state index contributed by atoms with van der Waals surface area (Å²) in [5, 5.41) is 0. The number of hydrogen-bond acceptors (Lipinski definition) is 1. The monoisotopic (exact) mass is 435 g/mol. The molecule has 0 N–H and O–H groups in total. The molecule has 162 valence electrons. The number of ether oxygens (including phenoxy) is 1. The predicted molar refractivity (Wildman–Crippen MR) is 127 cm³/mol. The zero-order valence-corrected chi connectivity index (χ0v) is 19.6. The molecule has 3 heteroatoms. The summed E-state index contributed by atoms with van der Waals surface area (Å²) in [4.78, 5) is 3.51. The van der Waals surface area contributed by atoms with E-state index in [1.54, 1.807) is 6.07 Å². The molecule has 3 aromatic carbocycles. The zero-order valence-electron chi connectivity index (χ0n) is 18.7. The highest BCUT2D eigenvalue weighted by Crippen LogP contribution is 2.46. The van der Waals surface area contributed by atoms with E-state index in [0.29, 0.717) is 5.75 Å². The highest BCUT2D eigenvalue weighted by Gasteiger charge is 2.45. The molecule has 1 fully saturated rings. The van der Waals surface area contributed by atoms with Crippen molar-refractivity contribution in [1.82, 2.24) is 0 Å². The van der Waals surface area contributed by atoms with Crippen molar-refractivity contribution in [2.45, 2.75) is 73.2 Å². The molecular weight excluding hydrogens is 403 g/mol. The van der Waals surface area contributed by atoms with E-state index in [-0.39, 0.29) is 27.7 Å². The summed E-state index contributed by atoms with van der Waals surface area (Å²) in [6.45, 7) is 6.66. The first kappa shape index (κ1) is 22.0. The summed E-state index contributed by atoms with van der Waals surface area (Å²) in [7, 11) is -0.321. The molecule has 0 bridgehead atoms. The van der Waals surface area contributed by atoms with Gasteiger partial charge in [-0.15, -0.1) is 0 Å². The highest BCUT2D eigenvalue weighted by molar-refractivity contribution is 7.97. The lowest BCUT2D eigenvalue weighted by Crippen LogP contribution is -2.49. The van der Waals surface area contributed by atoms with E-state index in [1.165, 1.54) is 16.2 Å². The predicted octanol–water partition coefficient (Wildman–Crippen LogP) is 8.05. The maximum atomic E-state index is 15.0. The smallest absolute Gasteiger partial charge is 0.170 e. The molecule has 0 saturated heterocycles. The minimum atomic E-state index is -0.331. The zero-order chi connectivity index (χ0) is 21.9. The van der Waals surface area contributed by atoms with Crippen molar-refractivity contribution < 1.29 is 9.13 Å². The molecule has 0 amide bonds. The van der Waals surface area contributed by atoms with Gasteiger partial charge in [-0.1, -0.05) is 63.6 Å². The average molecular weight is 436 g/mol. The SMILES string of the molecule is CC(C)(C)C1(Oc2cc([S+](c3ccccc3)c3ccccc3)ccc2F)CCCCC1. The van der Waals surface area contributed by atoms with Gasteiger partial charge in [-0.05, 0) is 62.1 Å². The molecule has 0 aromatic heterocycles. The first-order valence-corrected chi connectivity index (χ1v) is 12.5. The third kappa shape index (κ3) is 4.67. The summed E-state index contributed by atoms with van der Waals surface area (Å²) < 4.78 is 21.7. The normalized spacial score (nSPS) is 16.3. The quantitative estimate of drug-likeness (QED) is 0.368. The summed E-state index contributed by atoms with van der Waals surface area (Å²) in [5.41, 5.74) is -0.390.